The van der Waals surface area contributed by atoms with Crippen molar-refractivity contribution in [3.63, 3.8) is 0 Å². The summed E-state index contributed by atoms with van der Waals surface area (Å²) in [5.74, 6) is 0.289. The molecule has 5 heteroatoms. The predicted octanol–water partition coefficient (Wildman–Crippen LogP) is 3.91. The maximum atomic E-state index is 10.9. The van der Waals surface area contributed by atoms with Crippen LogP contribution in [0.4, 0.5) is 11.4 Å². The number of nitrogens with zero attached hydrogens (tertiary/aromatic N) is 1. The molecule has 0 radical (unpaired) electrons. The van der Waals surface area contributed by atoms with Crippen molar-refractivity contribution < 1.29 is 9.66 Å². The van der Waals surface area contributed by atoms with Crippen molar-refractivity contribution in [3.8, 4) is 5.75 Å². The molecule has 110 valence electrons. The van der Waals surface area contributed by atoms with E-state index in [1.165, 1.54) is 17.2 Å². The first-order valence-corrected chi connectivity index (χ1v) is 6.81. The second kappa shape index (κ2) is 6.74. The van der Waals surface area contributed by atoms with Crippen molar-refractivity contribution in [2.24, 2.45) is 0 Å². The minimum absolute atomic E-state index is 0.0155. The summed E-state index contributed by atoms with van der Waals surface area (Å²) >= 11 is 0. The second-order valence-electron chi connectivity index (χ2n) is 4.65. The monoisotopic (exact) mass is 286 g/mol. The predicted molar refractivity (Wildman–Crippen MR) is 82.8 cm³/mol. The number of nitrogens with one attached hydrogen (secondary N) is 1. The Bertz CT molecular complexity index is 641. The highest BCUT2D eigenvalue weighted by Gasteiger charge is 2.15. The molecule has 0 heterocycles. The lowest BCUT2D eigenvalue weighted by molar-refractivity contribution is -0.385. The number of rotatable bonds is 6. The molecule has 0 aromatic heterocycles. The topological polar surface area (TPSA) is 64.4 Å². The highest BCUT2D eigenvalue weighted by Crippen LogP contribution is 2.30. The lowest BCUT2D eigenvalue weighted by Gasteiger charge is -2.11. The third-order valence-electron chi connectivity index (χ3n) is 3.20. The Morgan fingerprint density at radius 2 is 2.00 bits per heavy atom. The zero-order valence-corrected chi connectivity index (χ0v) is 12.1. The standard InChI is InChI=1S/C16H18N2O3/c1-3-21-16-10-14(8-9-15(16)18(19)20)17-11-13-7-5-4-6-12(13)2/h4-10,17H,3,11H2,1-2H3. The van der Waals surface area contributed by atoms with Crippen LogP contribution < -0.4 is 10.1 Å². The number of hydrogen-bond donors (Lipinski definition) is 1. The van der Waals surface area contributed by atoms with Crippen LogP contribution in [-0.4, -0.2) is 11.5 Å². The molecule has 0 saturated heterocycles. The van der Waals surface area contributed by atoms with E-state index in [9.17, 15) is 10.1 Å². The van der Waals surface area contributed by atoms with Gasteiger partial charge >= 0.3 is 5.69 Å². The van der Waals surface area contributed by atoms with Crippen molar-refractivity contribution >= 4 is 11.4 Å². The summed E-state index contributed by atoms with van der Waals surface area (Å²) in [6.07, 6.45) is 0. The zero-order valence-electron chi connectivity index (χ0n) is 12.1. The van der Waals surface area contributed by atoms with Crippen LogP contribution in [0.5, 0.6) is 5.75 Å². The van der Waals surface area contributed by atoms with Crippen molar-refractivity contribution in [3.05, 3.63) is 63.7 Å². The Morgan fingerprint density at radius 3 is 2.67 bits per heavy atom. The van der Waals surface area contributed by atoms with Gasteiger partial charge in [0.2, 0.25) is 0 Å². The highest BCUT2D eigenvalue weighted by molar-refractivity contribution is 5.58. The summed E-state index contributed by atoms with van der Waals surface area (Å²) in [7, 11) is 0. The van der Waals surface area contributed by atoms with Crippen molar-refractivity contribution in [2.75, 3.05) is 11.9 Å². The van der Waals surface area contributed by atoms with E-state index in [2.05, 4.69) is 24.4 Å². The molecule has 0 unspecified atom stereocenters. The Kier molecular flexibility index (Phi) is 4.77. The van der Waals surface area contributed by atoms with E-state index in [0.29, 0.717) is 13.2 Å². The van der Waals surface area contributed by atoms with Crippen molar-refractivity contribution in [2.45, 2.75) is 20.4 Å². The third kappa shape index (κ3) is 3.72. The van der Waals surface area contributed by atoms with Gasteiger partial charge in [0.25, 0.3) is 0 Å². The summed E-state index contributed by atoms with van der Waals surface area (Å²) < 4.78 is 5.33. The molecule has 0 saturated carbocycles. The molecular formula is C16H18N2O3. The van der Waals surface area contributed by atoms with Crippen molar-refractivity contribution in [1.29, 1.82) is 0 Å². The molecule has 2 aromatic carbocycles. The molecule has 5 nitrogen and oxygen atoms in total. The summed E-state index contributed by atoms with van der Waals surface area (Å²) in [4.78, 5) is 10.5. The van der Waals surface area contributed by atoms with E-state index in [-0.39, 0.29) is 11.4 Å². The summed E-state index contributed by atoms with van der Waals surface area (Å²) in [5, 5.41) is 14.2. The number of hydrogen-bond acceptors (Lipinski definition) is 4. The van der Waals surface area contributed by atoms with Gasteiger partial charge in [-0.1, -0.05) is 24.3 Å². The van der Waals surface area contributed by atoms with E-state index < -0.39 is 4.92 Å². The van der Waals surface area contributed by atoms with Gasteiger partial charge in [-0.05, 0) is 31.0 Å². The van der Waals surface area contributed by atoms with Gasteiger partial charge in [0, 0.05) is 24.4 Å². The van der Waals surface area contributed by atoms with Crippen LogP contribution in [0.15, 0.2) is 42.5 Å². The first-order chi connectivity index (χ1) is 10.1. The first kappa shape index (κ1) is 14.8. The van der Waals surface area contributed by atoms with Crippen LogP contribution in [-0.2, 0) is 6.54 Å². The first-order valence-electron chi connectivity index (χ1n) is 6.81. The van der Waals surface area contributed by atoms with Crippen LogP contribution in [0, 0.1) is 17.0 Å². The lowest BCUT2D eigenvalue weighted by atomic mass is 10.1. The van der Waals surface area contributed by atoms with E-state index in [1.54, 1.807) is 19.1 Å². The highest BCUT2D eigenvalue weighted by atomic mass is 16.6. The van der Waals surface area contributed by atoms with Gasteiger partial charge in [0.15, 0.2) is 5.75 Å². The van der Waals surface area contributed by atoms with E-state index in [1.807, 2.05) is 12.1 Å². The van der Waals surface area contributed by atoms with E-state index in [4.69, 9.17) is 4.74 Å². The van der Waals surface area contributed by atoms with Crippen molar-refractivity contribution in [1.82, 2.24) is 0 Å². The van der Waals surface area contributed by atoms with Crippen LogP contribution in [0.25, 0.3) is 0 Å². The molecule has 0 fully saturated rings. The van der Waals surface area contributed by atoms with E-state index in [0.717, 1.165) is 5.69 Å². The second-order valence-corrected chi connectivity index (χ2v) is 4.65. The Hall–Kier alpha value is -2.56. The molecule has 2 rings (SSSR count). The van der Waals surface area contributed by atoms with Gasteiger partial charge in [0.1, 0.15) is 0 Å². The van der Waals surface area contributed by atoms with Crippen LogP contribution in [0.1, 0.15) is 18.1 Å². The molecule has 0 aliphatic heterocycles. The minimum atomic E-state index is -0.434. The molecule has 0 amide bonds. The minimum Gasteiger partial charge on any atom is -0.487 e. The smallest absolute Gasteiger partial charge is 0.311 e. The molecule has 0 bridgehead atoms. The Labute approximate surface area is 123 Å². The van der Waals surface area contributed by atoms with Gasteiger partial charge in [-0.3, -0.25) is 10.1 Å². The zero-order chi connectivity index (χ0) is 15.2. The largest absolute Gasteiger partial charge is 0.487 e. The fourth-order valence-corrected chi connectivity index (χ4v) is 2.05. The van der Waals surface area contributed by atoms with Crippen LogP contribution in [0.3, 0.4) is 0 Å². The van der Waals surface area contributed by atoms with Gasteiger partial charge in [0.05, 0.1) is 11.5 Å². The molecule has 0 atom stereocenters. The molecule has 0 spiro atoms. The summed E-state index contributed by atoms with van der Waals surface area (Å²) in [5.41, 5.74) is 3.18. The quantitative estimate of drug-likeness (QED) is 0.646. The molecule has 21 heavy (non-hydrogen) atoms. The normalized spacial score (nSPS) is 10.2. The third-order valence-corrected chi connectivity index (χ3v) is 3.20. The Balaban J connectivity index is 2.15. The average Bonchev–Trinajstić information content (AvgIpc) is 2.46. The van der Waals surface area contributed by atoms with Crippen LogP contribution in [0.2, 0.25) is 0 Å². The van der Waals surface area contributed by atoms with Gasteiger partial charge in [-0.25, -0.2) is 0 Å². The maximum absolute atomic E-state index is 10.9. The molecule has 1 N–H and O–H groups in total. The number of anilines is 1. The average molecular weight is 286 g/mol. The van der Waals surface area contributed by atoms with Gasteiger partial charge < -0.3 is 10.1 Å². The number of aryl methyl sites for hydroxylation is 1. The fraction of sp³-hybridized carbons (Fsp3) is 0.250. The Morgan fingerprint density at radius 1 is 1.24 bits per heavy atom. The number of nitro benzene ring substituents is 1. The fourth-order valence-electron chi connectivity index (χ4n) is 2.05. The summed E-state index contributed by atoms with van der Waals surface area (Å²) in [6, 6.07) is 12.9. The number of nitro groups is 1. The molecular weight excluding hydrogens is 268 g/mol. The SMILES string of the molecule is CCOc1cc(NCc2ccccc2C)ccc1[N+](=O)[O-]. The van der Waals surface area contributed by atoms with Gasteiger partial charge in [-0.15, -0.1) is 0 Å². The maximum Gasteiger partial charge on any atom is 0.311 e. The van der Waals surface area contributed by atoms with Crippen LogP contribution >= 0.6 is 0 Å². The van der Waals surface area contributed by atoms with E-state index >= 15 is 0 Å². The molecule has 0 aliphatic rings. The molecule has 0 aliphatic carbocycles. The molecule has 2 aromatic rings. The lowest BCUT2D eigenvalue weighted by Crippen LogP contribution is -2.03. The number of ether oxygens (including phenoxy) is 1. The van der Waals surface area contributed by atoms with Gasteiger partial charge in [-0.2, -0.15) is 0 Å². The summed E-state index contributed by atoms with van der Waals surface area (Å²) in [6.45, 7) is 4.91. The number of benzene rings is 2.